The number of fused-ring (bicyclic) bond motifs is 6. The Balaban J connectivity index is 0.000000182. The molecule has 0 aliphatic heterocycles. The lowest BCUT2D eigenvalue weighted by molar-refractivity contribution is 0.0489. The third kappa shape index (κ3) is 18.0. The second-order valence-corrected chi connectivity index (χ2v) is 22.8. The number of ether oxygens (including phenoxy) is 7. The van der Waals surface area contributed by atoms with Crippen LogP contribution >= 0.6 is 0 Å². The maximum Gasteiger partial charge on any atom is 0.374 e. The number of alkyl halides is 2. The number of esters is 1. The highest BCUT2D eigenvalue weighted by atomic mass is 19.1. The summed E-state index contributed by atoms with van der Waals surface area (Å²) in [6, 6.07) is 33.9. The second-order valence-electron chi connectivity index (χ2n) is 22.8. The van der Waals surface area contributed by atoms with E-state index in [0.29, 0.717) is 0 Å². The summed E-state index contributed by atoms with van der Waals surface area (Å²) in [6.07, 6.45) is -4.36. The fraction of sp³-hybridized carbons (Fsp3) is 0.221. The highest BCUT2D eigenvalue weighted by Gasteiger charge is 2.23. The van der Waals surface area contributed by atoms with Crippen molar-refractivity contribution in [1.82, 2.24) is 0 Å². The summed E-state index contributed by atoms with van der Waals surface area (Å²) < 4.78 is 99.8. The largest absolute Gasteiger partial charge is 0.490 e. The number of rotatable bonds is 25. The molecule has 0 aliphatic carbocycles. The number of hydrogen-bond donors (Lipinski definition) is 1. The van der Waals surface area contributed by atoms with Crippen molar-refractivity contribution < 1.29 is 102 Å². The average molecular weight is 1440 g/mol. The van der Waals surface area contributed by atoms with E-state index in [2.05, 4.69) is 0 Å². The van der Waals surface area contributed by atoms with Gasteiger partial charge in [-0.3, -0.25) is 52.7 Å². The molecule has 0 bridgehead atoms. The number of halogens is 2. The monoisotopic (exact) mass is 1440 g/mol. The molecule has 0 spiro atoms. The minimum atomic E-state index is -1.61. The fourth-order valence-corrected chi connectivity index (χ4v) is 10.2. The van der Waals surface area contributed by atoms with Crippen molar-refractivity contribution in [3.05, 3.63) is 241 Å². The molecule has 0 radical (unpaired) electrons. The Morgan fingerprint density at radius 1 is 0.333 bits per heavy atom. The lowest BCUT2D eigenvalue weighted by Gasteiger charge is -2.15. The predicted octanol–water partition coefficient (Wildman–Crippen LogP) is 11.9. The average Bonchev–Trinajstić information content (AvgIpc) is 0.830. The molecule has 1 unspecified atom stereocenters. The van der Waals surface area contributed by atoms with Crippen LogP contribution in [0.4, 0.5) is 8.78 Å². The van der Waals surface area contributed by atoms with Gasteiger partial charge in [0.05, 0.1) is 6.61 Å². The van der Waals surface area contributed by atoms with E-state index in [0.717, 1.165) is 36.4 Å². The molecule has 105 heavy (non-hydrogen) atoms. The number of aliphatic hydroxyl groups is 1. The lowest BCUT2D eigenvalue weighted by Crippen LogP contribution is -2.25. The first-order valence-electron chi connectivity index (χ1n) is 31.6. The van der Waals surface area contributed by atoms with Crippen molar-refractivity contribution in [2.45, 2.75) is 67.4 Å². The molecule has 28 heteroatoms. The Hall–Kier alpha value is -13.0. The van der Waals surface area contributed by atoms with Crippen LogP contribution in [0.5, 0.6) is 34.5 Å². The van der Waals surface area contributed by atoms with E-state index >= 15 is 0 Å². The maximum atomic E-state index is 14.6. The summed E-state index contributed by atoms with van der Waals surface area (Å²) in [6.45, 7) is 5.92. The zero-order valence-electron chi connectivity index (χ0n) is 55.9. The number of hydrogen-bond acceptors (Lipinski definition) is 26. The summed E-state index contributed by atoms with van der Waals surface area (Å²) in [5, 5.41) is 11.0. The molecular formula is C77H64F2O26. The molecule has 0 amide bonds. The molecule has 1 atom stereocenters. The fourth-order valence-electron chi connectivity index (χ4n) is 10.2. The summed E-state index contributed by atoms with van der Waals surface area (Å²) in [5.74, 6) is -2.60. The summed E-state index contributed by atoms with van der Waals surface area (Å²) in [7, 11) is 0. The van der Waals surface area contributed by atoms with Gasteiger partial charge in [-0.25, -0.2) is 13.6 Å². The van der Waals surface area contributed by atoms with Crippen LogP contribution in [0.1, 0.15) is 112 Å². The van der Waals surface area contributed by atoms with Crippen molar-refractivity contribution in [3.8, 4) is 34.5 Å². The lowest BCUT2D eigenvalue weighted by atomic mass is 10.2. The quantitative estimate of drug-likeness (QED) is 0.0410. The standard InChI is InChI=1S/C26H22O10.2C25H19FO8.CH4/c1-3-32-26(31)23-11-17(30)25-19(7-5-9-21(25)36-23)34-13-15(28)12-33-18-6-4-8-20-24(18)16(29)10-22(35-20)14(2)27;2*1-13(27)22-9-16(29)24-18(5-3-7-20(24)33-22)31-11-15(26)12-32-19-6-4-8-21-25(19)17(30)10-23(34-21)14(2)28;/h4-11,15,28H,3,12-13H2,1-2H3;2*3-10,15H,11-12H2,1-2H3;1H4/i;26-1;;. The minimum absolute atomic E-state index is 0. The van der Waals surface area contributed by atoms with Crippen LogP contribution in [0.2, 0.25) is 0 Å². The molecule has 12 aromatic rings. The number of carbonyl (C=O) groups excluding carboxylic acids is 6. The normalized spacial score (nSPS) is 11.3. The van der Waals surface area contributed by atoms with E-state index in [-0.39, 0.29) is 168 Å². The zero-order valence-corrected chi connectivity index (χ0v) is 55.9. The van der Waals surface area contributed by atoms with Gasteiger partial charge in [0.15, 0.2) is 103 Å². The molecule has 12 rings (SSSR count). The van der Waals surface area contributed by atoms with Gasteiger partial charge in [0, 0.05) is 71.0 Å². The molecule has 6 aromatic carbocycles. The Morgan fingerprint density at radius 3 is 0.724 bits per heavy atom. The maximum absolute atomic E-state index is 14.6. The number of aliphatic hydroxyl groups excluding tert-OH is 1. The first-order valence-corrected chi connectivity index (χ1v) is 31.6. The number of benzene rings is 6. The molecule has 1 N–H and O–H groups in total. The van der Waals surface area contributed by atoms with Gasteiger partial charge in [-0.05, 0) is 79.7 Å². The molecular weight excluding hydrogens is 1380 g/mol. The molecule has 542 valence electrons. The van der Waals surface area contributed by atoms with E-state index in [1.54, 1.807) is 43.3 Å². The molecule has 0 saturated heterocycles. The van der Waals surface area contributed by atoms with Crippen LogP contribution < -0.4 is 61.0 Å². The molecule has 26 nitrogen and oxygen atoms in total. The Morgan fingerprint density at radius 2 is 0.524 bits per heavy atom. The highest BCUT2D eigenvalue weighted by Crippen LogP contribution is 2.31. The van der Waals surface area contributed by atoms with E-state index in [4.69, 9.17) is 59.7 Å². The van der Waals surface area contributed by atoms with Crippen LogP contribution in [0.25, 0.3) is 65.8 Å². The SMILES string of the molecule is C.CC(=O)c1cc(=O)c2c(OCC(F)COc3cccc4oc(C(C)=O)cc(=O)c34)cccc2o1.CC(=O)c1cc(=O)c2c(OCC([18F])COc3cccc4oc(C(C)=O)cc(=O)c34)cccc2o1.CCOC(=O)c1cc(=O)c2c(OCC(O)COc3cccc4oc(C(C)=O)cc(=O)c34)cccc2o1. The van der Waals surface area contributed by atoms with Crippen molar-refractivity contribution in [3.63, 3.8) is 0 Å². The summed E-state index contributed by atoms with van der Waals surface area (Å²) in [5.41, 5.74) is -2.00. The van der Waals surface area contributed by atoms with Crippen LogP contribution in [0.15, 0.2) is 201 Å². The number of ketones is 5. The van der Waals surface area contributed by atoms with Crippen LogP contribution in [0, 0.1) is 0 Å². The first-order chi connectivity index (χ1) is 49.8. The smallest absolute Gasteiger partial charge is 0.374 e. The third-order valence-corrected chi connectivity index (χ3v) is 15.1. The van der Waals surface area contributed by atoms with Crippen molar-refractivity contribution in [2.24, 2.45) is 0 Å². The van der Waals surface area contributed by atoms with E-state index in [9.17, 15) is 71.4 Å². The van der Waals surface area contributed by atoms with Gasteiger partial charge in [-0.2, -0.15) is 0 Å². The van der Waals surface area contributed by atoms with Gasteiger partial charge in [0.25, 0.3) is 0 Å². The summed E-state index contributed by atoms with van der Waals surface area (Å²) in [4.78, 5) is 144. The van der Waals surface area contributed by atoms with Gasteiger partial charge in [-0.1, -0.05) is 43.8 Å². The van der Waals surface area contributed by atoms with E-state index in [1.165, 1.54) is 107 Å². The molecule has 0 aliphatic rings. The van der Waals surface area contributed by atoms with Gasteiger partial charge in [0.2, 0.25) is 5.76 Å². The first kappa shape index (κ1) is 76.2. The summed E-state index contributed by atoms with van der Waals surface area (Å²) >= 11 is 0. The van der Waals surface area contributed by atoms with Crippen LogP contribution in [-0.4, -0.2) is 105 Å². The van der Waals surface area contributed by atoms with Crippen molar-refractivity contribution >= 4 is 101 Å². The Bertz CT molecular complexity index is 5280. The second kappa shape index (κ2) is 33.7. The Labute approximate surface area is 590 Å². The Kier molecular flexibility index (Phi) is 24.4. The van der Waals surface area contributed by atoms with Gasteiger partial charge < -0.3 is 64.8 Å². The minimum Gasteiger partial charge on any atom is -0.490 e. The number of carbonyl (C=O) groups is 6. The van der Waals surface area contributed by atoms with Gasteiger partial charge in [0.1, 0.15) is 146 Å². The third-order valence-electron chi connectivity index (χ3n) is 15.1. The van der Waals surface area contributed by atoms with Crippen LogP contribution in [0.3, 0.4) is 0 Å². The molecule has 6 aromatic heterocycles. The topological polar surface area (TPSA) is 369 Å². The predicted molar refractivity (Wildman–Crippen MR) is 376 cm³/mol. The van der Waals surface area contributed by atoms with Crippen molar-refractivity contribution in [1.29, 1.82) is 0 Å². The van der Waals surface area contributed by atoms with Gasteiger partial charge >= 0.3 is 5.97 Å². The highest BCUT2D eigenvalue weighted by molar-refractivity contribution is 5.98. The number of Topliss-reactive ketones (excluding diaryl/α,β-unsaturated/α-hetero) is 5. The van der Waals surface area contributed by atoms with Gasteiger partial charge in [-0.15, -0.1) is 0 Å². The van der Waals surface area contributed by atoms with E-state index in [1.807, 2.05) is 0 Å². The molecule has 0 saturated carbocycles. The van der Waals surface area contributed by atoms with Crippen molar-refractivity contribution in [2.75, 3.05) is 46.2 Å². The molecule has 6 heterocycles. The van der Waals surface area contributed by atoms with E-state index < -0.39 is 107 Å². The zero-order chi connectivity index (χ0) is 74.6. The van der Waals surface area contributed by atoms with Crippen LogP contribution in [-0.2, 0) is 4.74 Å². The molecule has 0 fully saturated rings.